The van der Waals surface area contributed by atoms with Crippen molar-refractivity contribution in [2.75, 3.05) is 13.1 Å². The Balaban J connectivity index is 1.14. The second kappa shape index (κ2) is 10.4. The van der Waals surface area contributed by atoms with Crippen molar-refractivity contribution >= 4 is 6.03 Å². The maximum Gasteiger partial charge on any atom is 0.317 e. The average Bonchev–Trinajstić information content (AvgIpc) is 3.63. The first-order valence-electron chi connectivity index (χ1n) is 17.9. The molecule has 2 spiro atoms. The van der Waals surface area contributed by atoms with E-state index in [-0.39, 0.29) is 40.6 Å². The summed E-state index contributed by atoms with van der Waals surface area (Å²) in [6.45, 7) is 15.8. The van der Waals surface area contributed by atoms with E-state index in [0.29, 0.717) is 54.1 Å². The highest BCUT2D eigenvalue weighted by Gasteiger charge is 2.84. The van der Waals surface area contributed by atoms with Crippen LogP contribution in [0.25, 0.3) is 0 Å². The highest BCUT2D eigenvalue weighted by Crippen LogP contribution is 2.89. The Bertz CT molecular complexity index is 1250. The SMILES string of the molecule is CCCNC(=O)N(Cc1ccccc1)CC1CC(C)C2C(O1)C(O)C1(C)C3CCC4C(C)(C)C(O)CCC45CC35CCC21C. The fraction of sp³-hybridized carbons (Fsp3) is 0.816. The fourth-order valence-corrected chi connectivity index (χ4v) is 13.1. The van der Waals surface area contributed by atoms with Gasteiger partial charge in [0.25, 0.3) is 0 Å². The van der Waals surface area contributed by atoms with Crippen LogP contribution < -0.4 is 5.32 Å². The van der Waals surface area contributed by atoms with Gasteiger partial charge in [-0.25, -0.2) is 4.79 Å². The smallest absolute Gasteiger partial charge is 0.317 e. The van der Waals surface area contributed by atoms with Crippen LogP contribution >= 0.6 is 0 Å². The van der Waals surface area contributed by atoms with Crippen molar-refractivity contribution in [3.63, 3.8) is 0 Å². The third-order valence-electron chi connectivity index (χ3n) is 15.3. The number of ether oxygens (including phenoxy) is 1. The number of hydrogen-bond acceptors (Lipinski definition) is 4. The second-order valence-corrected chi connectivity index (χ2v) is 17.3. The Morgan fingerprint density at radius 1 is 1.00 bits per heavy atom. The van der Waals surface area contributed by atoms with Crippen molar-refractivity contribution in [2.24, 2.45) is 50.7 Å². The molecule has 5 aliphatic carbocycles. The third kappa shape index (κ3) is 4.05. The monoisotopic (exact) mass is 606 g/mol. The van der Waals surface area contributed by atoms with Gasteiger partial charge in [0.2, 0.25) is 0 Å². The van der Waals surface area contributed by atoms with Gasteiger partial charge in [-0.2, -0.15) is 0 Å². The van der Waals surface area contributed by atoms with E-state index in [2.05, 4.69) is 59.0 Å². The lowest BCUT2D eigenvalue weighted by atomic mass is 9.41. The number of nitrogens with one attached hydrogen (secondary N) is 1. The summed E-state index contributed by atoms with van der Waals surface area (Å²) in [5.74, 6) is 1.82. The van der Waals surface area contributed by atoms with E-state index < -0.39 is 6.10 Å². The largest absolute Gasteiger partial charge is 0.393 e. The van der Waals surface area contributed by atoms with Crippen LogP contribution in [-0.4, -0.2) is 58.6 Å². The van der Waals surface area contributed by atoms with Crippen LogP contribution in [0.1, 0.15) is 105 Å². The molecule has 3 N–H and O–H groups in total. The minimum atomic E-state index is -0.502. The standard InChI is InChI=1S/C38H58N2O4/c1-7-19-39-33(43)40(21-25-11-9-8-10-12-25)22-26-20-24(2)30-31(44-26)32(42)36(6)28-14-13-27-34(3,4)29(41)15-16-37(27)23-38(28,37)18-17-35(30,36)5/h8-12,24,26-32,41-42H,7,13-23H2,1-6H3,(H,39,43). The Labute approximate surface area is 265 Å². The first kappa shape index (κ1) is 31.0. The van der Waals surface area contributed by atoms with Crippen molar-refractivity contribution in [1.82, 2.24) is 10.2 Å². The lowest BCUT2D eigenvalue weighted by Gasteiger charge is -2.63. The first-order chi connectivity index (χ1) is 20.9. The maximum absolute atomic E-state index is 13.3. The highest BCUT2D eigenvalue weighted by atomic mass is 16.5. The lowest BCUT2D eigenvalue weighted by molar-refractivity contribution is -0.182. The van der Waals surface area contributed by atoms with E-state index in [0.717, 1.165) is 44.1 Å². The zero-order chi connectivity index (χ0) is 31.3. The zero-order valence-corrected chi connectivity index (χ0v) is 28.1. The molecule has 244 valence electrons. The highest BCUT2D eigenvalue weighted by molar-refractivity contribution is 5.74. The van der Waals surface area contributed by atoms with Crippen molar-refractivity contribution < 1.29 is 19.7 Å². The van der Waals surface area contributed by atoms with Gasteiger partial charge in [-0.15, -0.1) is 0 Å². The molecule has 7 rings (SSSR count). The summed E-state index contributed by atoms with van der Waals surface area (Å²) in [5.41, 5.74) is 1.57. The van der Waals surface area contributed by atoms with Crippen molar-refractivity contribution in [1.29, 1.82) is 0 Å². The minimum Gasteiger partial charge on any atom is -0.393 e. The van der Waals surface area contributed by atoms with Crippen molar-refractivity contribution in [3.8, 4) is 0 Å². The van der Waals surface area contributed by atoms with E-state index >= 15 is 0 Å². The number of aliphatic hydroxyl groups excluding tert-OH is 2. The molecule has 1 aromatic rings. The summed E-state index contributed by atoms with van der Waals surface area (Å²) < 4.78 is 7.01. The number of aliphatic hydroxyl groups is 2. The van der Waals surface area contributed by atoms with E-state index in [1.54, 1.807) is 0 Å². The van der Waals surface area contributed by atoms with Gasteiger partial charge in [0.1, 0.15) is 0 Å². The molecule has 0 radical (unpaired) electrons. The molecule has 44 heavy (non-hydrogen) atoms. The lowest BCUT2D eigenvalue weighted by Crippen LogP contribution is -2.59. The normalized spacial score (nSPS) is 48.2. The van der Waals surface area contributed by atoms with E-state index in [9.17, 15) is 15.0 Å². The predicted octanol–water partition coefficient (Wildman–Crippen LogP) is 6.78. The molecule has 6 fully saturated rings. The number of amides is 2. The quantitative estimate of drug-likeness (QED) is 0.333. The maximum atomic E-state index is 13.3. The number of rotatable bonds is 6. The fourth-order valence-electron chi connectivity index (χ4n) is 13.1. The summed E-state index contributed by atoms with van der Waals surface area (Å²) >= 11 is 0. The third-order valence-corrected chi connectivity index (χ3v) is 15.3. The van der Waals surface area contributed by atoms with Crippen LogP contribution in [0.2, 0.25) is 0 Å². The number of fused-ring (bicyclic) bond motifs is 4. The summed E-state index contributed by atoms with van der Waals surface area (Å²) in [6, 6.07) is 10.2. The molecule has 6 aliphatic rings. The van der Waals surface area contributed by atoms with Gasteiger partial charge in [-0.3, -0.25) is 0 Å². The van der Waals surface area contributed by atoms with Crippen LogP contribution in [0.4, 0.5) is 4.79 Å². The molecule has 1 heterocycles. The molecule has 6 heteroatoms. The van der Waals surface area contributed by atoms with Crippen LogP contribution in [-0.2, 0) is 11.3 Å². The van der Waals surface area contributed by atoms with Gasteiger partial charge < -0.3 is 25.2 Å². The van der Waals surface area contributed by atoms with Crippen LogP contribution in [0, 0.1) is 50.7 Å². The molecule has 6 nitrogen and oxygen atoms in total. The Hall–Kier alpha value is -1.63. The van der Waals surface area contributed by atoms with Gasteiger partial charge >= 0.3 is 6.03 Å². The molecule has 1 aliphatic heterocycles. The molecular formula is C38H58N2O4. The van der Waals surface area contributed by atoms with Gasteiger partial charge in [-0.05, 0) is 109 Å². The molecule has 12 atom stereocenters. The number of carbonyl (C=O) groups is 1. The zero-order valence-electron chi connectivity index (χ0n) is 28.1. The second-order valence-electron chi connectivity index (χ2n) is 17.3. The number of hydrogen-bond donors (Lipinski definition) is 3. The summed E-state index contributed by atoms with van der Waals surface area (Å²) in [5, 5.41) is 26.6. The Kier molecular flexibility index (Phi) is 7.35. The molecule has 1 saturated heterocycles. The van der Waals surface area contributed by atoms with Crippen molar-refractivity contribution in [2.45, 2.75) is 130 Å². The molecule has 0 aromatic heterocycles. The molecule has 2 amide bonds. The topological polar surface area (TPSA) is 82.0 Å². The van der Waals surface area contributed by atoms with Crippen LogP contribution in [0.5, 0.6) is 0 Å². The van der Waals surface area contributed by atoms with Crippen LogP contribution in [0.3, 0.4) is 0 Å². The molecule has 0 bridgehead atoms. The Morgan fingerprint density at radius 2 is 1.70 bits per heavy atom. The van der Waals surface area contributed by atoms with Gasteiger partial charge in [-0.1, -0.05) is 71.9 Å². The van der Waals surface area contributed by atoms with Gasteiger partial charge in [0.05, 0.1) is 24.4 Å². The number of carbonyl (C=O) groups excluding carboxylic acids is 1. The average molecular weight is 607 g/mol. The van der Waals surface area contributed by atoms with E-state index in [1.165, 1.54) is 19.3 Å². The summed E-state index contributed by atoms with van der Waals surface area (Å²) in [6.07, 6.45) is 8.95. The van der Waals surface area contributed by atoms with E-state index in [1.807, 2.05) is 23.1 Å². The van der Waals surface area contributed by atoms with E-state index in [4.69, 9.17) is 4.74 Å². The number of nitrogens with zero attached hydrogens (tertiary/aromatic N) is 1. The van der Waals surface area contributed by atoms with Crippen LogP contribution in [0.15, 0.2) is 30.3 Å². The first-order valence-corrected chi connectivity index (χ1v) is 17.9. The molecule has 5 saturated carbocycles. The minimum absolute atomic E-state index is 0.0277. The predicted molar refractivity (Wildman–Crippen MR) is 173 cm³/mol. The number of benzene rings is 1. The number of urea groups is 1. The van der Waals surface area contributed by atoms with Gasteiger partial charge in [0, 0.05) is 25.0 Å². The molecule has 12 unspecified atom stereocenters. The van der Waals surface area contributed by atoms with Gasteiger partial charge in [0.15, 0.2) is 0 Å². The summed E-state index contributed by atoms with van der Waals surface area (Å²) in [7, 11) is 0. The molecular weight excluding hydrogens is 548 g/mol. The molecule has 1 aromatic carbocycles. The van der Waals surface area contributed by atoms with Crippen molar-refractivity contribution in [3.05, 3.63) is 35.9 Å². The summed E-state index contributed by atoms with van der Waals surface area (Å²) in [4.78, 5) is 15.3. The Morgan fingerprint density at radius 3 is 2.43 bits per heavy atom.